The van der Waals surface area contributed by atoms with Gasteiger partial charge >= 0.3 is 11.7 Å². The summed E-state index contributed by atoms with van der Waals surface area (Å²) >= 11 is 0. The molecular weight excluding hydrogens is 278 g/mol. The number of Topliss-reactive ketones (excluding diaryl/α,β-unsaturated/α-hetero) is 1. The van der Waals surface area contributed by atoms with Gasteiger partial charge in [0.05, 0.1) is 17.6 Å². The highest BCUT2D eigenvalue weighted by atomic mass is 16.6. The molecule has 0 aliphatic carbocycles. The minimum absolute atomic E-state index is 0.00999. The number of benzene rings is 1. The summed E-state index contributed by atoms with van der Waals surface area (Å²) in [7, 11) is 1.29. The van der Waals surface area contributed by atoms with Crippen LogP contribution in [0.25, 0.3) is 0 Å². The van der Waals surface area contributed by atoms with E-state index in [0.717, 1.165) is 6.07 Å². The fourth-order valence-electron chi connectivity index (χ4n) is 1.39. The molecule has 114 valence electrons. The summed E-state index contributed by atoms with van der Waals surface area (Å²) in [5.41, 5.74) is -0.968. The van der Waals surface area contributed by atoms with Crippen molar-refractivity contribution in [3.8, 4) is 5.75 Å². The molecule has 0 aliphatic rings. The predicted octanol–water partition coefficient (Wildman–Crippen LogP) is 2.38. The molecule has 0 saturated carbocycles. The van der Waals surface area contributed by atoms with Crippen molar-refractivity contribution >= 4 is 17.4 Å². The van der Waals surface area contributed by atoms with Gasteiger partial charge in [-0.3, -0.25) is 14.9 Å². The number of hydrogen-bond acceptors (Lipinski definition) is 6. The van der Waals surface area contributed by atoms with E-state index in [1.165, 1.54) is 19.2 Å². The van der Waals surface area contributed by atoms with Crippen molar-refractivity contribution in [2.24, 2.45) is 5.41 Å². The zero-order chi connectivity index (χ0) is 16.2. The SMILES string of the molecule is COc1ccc(C(=O)OCC(=O)C(C)(C)C)cc1[N+](=O)[O-]. The fraction of sp³-hybridized carbons (Fsp3) is 0.429. The summed E-state index contributed by atoms with van der Waals surface area (Å²) in [6.07, 6.45) is 0. The Morgan fingerprint density at radius 2 is 1.90 bits per heavy atom. The van der Waals surface area contributed by atoms with Crippen molar-refractivity contribution in [1.82, 2.24) is 0 Å². The first-order chi connectivity index (χ1) is 9.66. The van der Waals surface area contributed by atoms with E-state index in [1.807, 2.05) is 0 Å². The highest BCUT2D eigenvalue weighted by Gasteiger charge is 2.24. The minimum Gasteiger partial charge on any atom is -0.490 e. The maximum atomic E-state index is 11.8. The summed E-state index contributed by atoms with van der Waals surface area (Å²) in [5.74, 6) is -0.987. The number of nitro groups is 1. The van der Waals surface area contributed by atoms with E-state index in [2.05, 4.69) is 0 Å². The molecule has 1 rings (SSSR count). The zero-order valence-electron chi connectivity index (χ0n) is 12.3. The van der Waals surface area contributed by atoms with E-state index in [4.69, 9.17) is 9.47 Å². The normalized spacial score (nSPS) is 10.9. The second-order valence-corrected chi connectivity index (χ2v) is 5.39. The van der Waals surface area contributed by atoms with Gasteiger partial charge in [-0.2, -0.15) is 0 Å². The predicted molar refractivity (Wildman–Crippen MR) is 74.4 cm³/mol. The Morgan fingerprint density at radius 1 is 1.29 bits per heavy atom. The molecule has 0 unspecified atom stereocenters. The summed E-state index contributed by atoms with van der Waals surface area (Å²) in [4.78, 5) is 33.7. The first-order valence-electron chi connectivity index (χ1n) is 6.19. The minimum atomic E-state index is -0.793. The second kappa shape index (κ2) is 6.34. The molecule has 7 heteroatoms. The molecule has 0 bridgehead atoms. The van der Waals surface area contributed by atoms with Gasteiger partial charge in [0, 0.05) is 11.5 Å². The fourth-order valence-corrected chi connectivity index (χ4v) is 1.39. The molecule has 0 spiro atoms. The van der Waals surface area contributed by atoms with Crippen LogP contribution in [0.3, 0.4) is 0 Å². The molecule has 0 aromatic heterocycles. The van der Waals surface area contributed by atoms with Crippen molar-refractivity contribution in [3.63, 3.8) is 0 Å². The lowest BCUT2D eigenvalue weighted by Gasteiger charge is -2.16. The quantitative estimate of drug-likeness (QED) is 0.470. The van der Waals surface area contributed by atoms with Crippen LogP contribution in [0.15, 0.2) is 18.2 Å². The average molecular weight is 295 g/mol. The molecule has 0 fully saturated rings. The summed E-state index contributed by atoms with van der Waals surface area (Å²) in [5, 5.41) is 10.9. The maximum absolute atomic E-state index is 11.8. The molecule has 0 atom stereocenters. The Balaban J connectivity index is 2.87. The first-order valence-corrected chi connectivity index (χ1v) is 6.19. The molecule has 0 amide bonds. The largest absolute Gasteiger partial charge is 0.490 e. The van der Waals surface area contributed by atoms with E-state index in [1.54, 1.807) is 20.8 Å². The van der Waals surface area contributed by atoms with Gasteiger partial charge in [-0.15, -0.1) is 0 Å². The average Bonchev–Trinajstić information content (AvgIpc) is 2.42. The Hall–Kier alpha value is -2.44. The number of carbonyl (C=O) groups excluding carboxylic acids is 2. The topological polar surface area (TPSA) is 95.7 Å². The standard InChI is InChI=1S/C14H17NO6/c1-14(2,3)12(16)8-21-13(17)9-5-6-11(20-4)10(7-9)15(18)19/h5-7H,8H2,1-4H3. The summed E-state index contributed by atoms with van der Waals surface area (Å²) in [6.45, 7) is 4.76. The first kappa shape index (κ1) is 16.6. The van der Waals surface area contributed by atoms with Gasteiger partial charge in [0.1, 0.15) is 0 Å². The van der Waals surface area contributed by atoms with Crippen LogP contribution in [0.4, 0.5) is 5.69 Å². The van der Waals surface area contributed by atoms with Gasteiger partial charge in [-0.05, 0) is 12.1 Å². The van der Waals surface area contributed by atoms with Gasteiger partial charge in [-0.1, -0.05) is 20.8 Å². The van der Waals surface area contributed by atoms with Gasteiger partial charge in [0.2, 0.25) is 0 Å². The van der Waals surface area contributed by atoms with E-state index in [9.17, 15) is 19.7 Å². The number of ether oxygens (including phenoxy) is 2. The molecule has 1 aromatic rings. The molecule has 21 heavy (non-hydrogen) atoms. The van der Waals surface area contributed by atoms with E-state index in [-0.39, 0.29) is 29.4 Å². The number of esters is 1. The highest BCUT2D eigenvalue weighted by molar-refractivity contribution is 5.93. The smallest absolute Gasteiger partial charge is 0.338 e. The number of nitro benzene ring substituents is 1. The van der Waals surface area contributed by atoms with Crippen LogP contribution < -0.4 is 4.74 Å². The van der Waals surface area contributed by atoms with Gasteiger partial charge in [0.15, 0.2) is 18.1 Å². The van der Waals surface area contributed by atoms with E-state index in [0.29, 0.717) is 0 Å². The highest BCUT2D eigenvalue weighted by Crippen LogP contribution is 2.27. The maximum Gasteiger partial charge on any atom is 0.338 e. The van der Waals surface area contributed by atoms with Gasteiger partial charge in [-0.25, -0.2) is 4.79 Å². The van der Waals surface area contributed by atoms with E-state index >= 15 is 0 Å². The number of carbonyl (C=O) groups is 2. The van der Waals surface area contributed by atoms with Crippen LogP contribution in [0, 0.1) is 15.5 Å². The van der Waals surface area contributed by atoms with Gasteiger partial charge < -0.3 is 9.47 Å². The number of nitrogens with zero attached hydrogens (tertiary/aromatic N) is 1. The molecule has 0 heterocycles. The molecule has 1 aromatic carbocycles. The lowest BCUT2D eigenvalue weighted by molar-refractivity contribution is -0.385. The van der Waals surface area contributed by atoms with Crippen molar-refractivity contribution in [3.05, 3.63) is 33.9 Å². The van der Waals surface area contributed by atoms with Crippen LogP contribution in [0.5, 0.6) is 5.75 Å². The number of methoxy groups -OCH3 is 1. The van der Waals surface area contributed by atoms with E-state index < -0.39 is 16.3 Å². The van der Waals surface area contributed by atoms with Crippen LogP contribution in [-0.4, -0.2) is 30.4 Å². The van der Waals surface area contributed by atoms with Crippen LogP contribution >= 0.6 is 0 Å². The molecular formula is C14H17NO6. The monoisotopic (exact) mass is 295 g/mol. The Kier molecular flexibility index (Phi) is 5.02. The van der Waals surface area contributed by atoms with Crippen molar-refractivity contribution in [2.75, 3.05) is 13.7 Å². The Bertz CT molecular complexity index is 573. The van der Waals surface area contributed by atoms with Crippen molar-refractivity contribution < 1.29 is 24.0 Å². The Labute approximate surface area is 122 Å². The third kappa shape index (κ3) is 4.27. The molecule has 0 aliphatic heterocycles. The summed E-state index contributed by atoms with van der Waals surface area (Å²) in [6, 6.07) is 3.71. The molecule has 0 radical (unpaired) electrons. The lowest BCUT2D eigenvalue weighted by atomic mass is 9.91. The summed E-state index contributed by atoms with van der Waals surface area (Å²) < 4.78 is 9.71. The number of hydrogen-bond donors (Lipinski definition) is 0. The molecule has 7 nitrogen and oxygen atoms in total. The molecule has 0 saturated heterocycles. The third-order valence-corrected chi connectivity index (χ3v) is 2.78. The van der Waals surface area contributed by atoms with Crippen LogP contribution in [-0.2, 0) is 9.53 Å². The van der Waals surface area contributed by atoms with Crippen LogP contribution in [0.2, 0.25) is 0 Å². The lowest BCUT2D eigenvalue weighted by Crippen LogP contribution is -2.26. The zero-order valence-corrected chi connectivity index (χ0v) is 12.3. The number of ketones is 1. The van der Waals surface area contributed by atoms with Crippen LogP contribution in [0.1, 0.15) is 31.1 Å². The third-order valence-electron chi connectivity index (χ3n) is 2.78. The number of rotatable bonds is 5. The van der Waals surface area contributed by atoms with Crippen molar-refractivity contribution in [1.29, 1.82) is 0 Å². The Morgan fingerprint density at radius 3 is 2.38 bits per heavy atom. The second-order valence-electron chi connectivity index (χ2n) is 5.39. The van der Waals surface area contributed by atoms with Crippen molar-refractivity contribution in [2.45, 2.75) is 20.8 Å². The van der Waals surface area contributed by atoms with Gasteiger partial charge in [0.25, 0.3) is 0 Å². The molecule has 0 N–H and O–H groups in total.